The number of fused-ring (bicyclic) bond motifs is 1. The van der Waals surface area contributed by atoms with E-state index in [9.17, 15) is 0 Å². The smallest absolute Gasteiger partial charge is 0.0809 e. The number of rotatable bonds is 4. The highest BCUT2D eigenvalue weighted by atomic mass is 32.1. The summed E-state index contributed by atoms with van der Waals surface area (Å²) in [6, 6.07) is 4.29. The number of pyridine rings is 1. The first-order valence-corrected chi connectivity index (χ1v) is 5.84. The summed E-state index contributed by atoms with van der Waals surface area (Å²) in [6.07, 6.45) is 1.88. The van der Waals surface area contributed by atoms with Crippen LogP contribution in [0.25, 0.3) is 10.2 Å². The van der Waals surface area contributed by atoms with Crippen molar-refractivity contribution in [1.29, 1.82) is 0 Å². The number of hydrogen-bond acceptors (Lipinski definition) is 4. The Kier molecular flexibility index (Phi) is 3.30. The molecule has 1 atom stereocenters. The zero-order valence-corrected chi connectivity index (χ0v) is 9.42. The summed E-state index contributed by atoms with van der Waals surface area (Å²) < 4.78 is 1.21. The van der Waals surface area contributed by atoms with Crippen LogP contribution in [0.5, 0.6) is 0 Å². The third kappa shape index (κ3) is 2.53. The molecule has 4 heteroatoms. The van der Waals surface area contributed by atoms with Crippen molar-refractivity contribution in [2.75, 3.05) is 6.61 Å². The minimum absolute atomic E-state index is 0.129. The van der Waals surface area contributed by atoms with Gasteiger partial charge in [0.2, 0.25) is 0 Å². The zero-order chi connectivity index (χ0) is 10.7. The predicted molar refractivity (Wildman–Crippen MR) is 63.0 cm³/mol. The van der Waals surface area contributed by atoms with Gasteiger partial charge in [-0.05, 0) is 30.0 Å². The molecule has 15 heavy (non-hydrogen) atoms. The molecule has 0 aromatic carbocycles. The van der Waals surface area contributed by atoms with Crippen LogP contribution < -0.4 is 5.32 Å². The fraction of sp³-hybridized carbons (Fsp3) is 0.364. The van der Waals surface area contributed by atoms with Gasteiger partial charge in [-0.25, -0.2) is 0 Å². The number of hydrogen-bond donors (Lipinski definition) is 2. The lowest BCUT2D eigenvalue weighted by atomic mass is 10.2. The fourth-order valence-corrected chi connectivity index (χ4v) is 2.14. The molecule has 2 N–H and O–H groups in total. The quantitative estimate of drug-likeness (QED) is 0.828. The van der Waals surface area contributed by atoms with E-state index in [-0.39, 0.29) is 12.6 Å². The van der Waals surface area contributed by atoms with Crippen LogP contribution in [0.15, 0.2) is 23.7 Å². The average molecular weight is 222 g/mol. The average Bonchev–Trinajstić information content (AvgIpc) is 2.72. The number of nitrogens with zero attached hydrogens (tertiary/aromatic N) is 1. The maximum Gasteiger partial charge on any atom is 0.0809 e. The van der Waals surface area contributed by atoms with Crippen molar-refractivity contribution >= 4 is 21.6 Å². The van der Waals surface area contributed by atoms with Crippen LogP contribution in [0.4, 0.5) is 0 Å². The van der Waals surface area contributed by atoms with E-state index in [2.05, 4.69) is 16.4 Å². The Morgan fingerprint density at radius 2 is 2.47 bits per heavy atom. The highest BCUT2D eigenvalue weighted by Crippen LogP contribution is 2.19. The third-order valence-corrected chi connectivity index (χ3v) is 3.14. The van der Waals surface area contributed by atoms with E-state index in [0.717, 1.165) is 17.6 Å². The molecule has 2 rings (SSSR count). The summed E-state index contributed by atoms with van der Waals surface area (Å²) >= 11 is 1.70. The van der Waals surface area contributed by atoms with Gasteiger partial charge in [0.05, 0.1) is 16.8 Å². The summed E-state index contributed by atoms with van der Waals surface area (Å²) in [5, 5.41) is 14.1. The molecule has 0 unspecified atom stereocenters. The third-order valence-electron chi connectivity index (χ3n) is 2.29. The molecule has 0 aliphatic carbocycles. The normalized spacial score (nSPS) is 13.2. The maximum absolute atomic E-state index is 8.88. The Morgan fingerprint density at radius 3 is 3.27 bits per heavy atom. The molecule has 2 heterocycles. The molecule has 0 fully saturated rings. The first-order valence-electron chi connectivity index (χ1n) is 4.96. The Bertz CT molecular complexity index is 441. The SMILES string of the molecule is C[C@@H](CO)NCc1cnc2ccsc2c1. The molecule has 0 radical (unpaired) electrons. The summed E-state index contributed by atoms with van der Waals surface area (Å²) in [7, 11) is 0. The summed E-state index contributed by atoms with van der Waals surface area (Å²) in [6.45, 7) is 2.87. The second-order valence-corrected chi connectivity index (χ2v) is 4.56. The van der Waals surface area contributed by atoms with Crippen LogP contribution in [0.2, 0.25) is 0 Å². The van der Waals surface area contributed by atoms with Gasteiger partial charge in [0.25, 0.3) is 0 Å². The summed E-state index contributed by atoms with van der Waals surface area (Å²) in [4.78, 5) is 4.35. The zero-order valence-electron chi connectivity index (χ0n) is 8.60. The van der Waals surface area contributed by atoms with E-state index >= 15 is 0 Å². The van der Waals surface area contributed by atoms with Gasteiger partial charge < -0.3 is 10.4 Å². The Hall–Kier alpha value is -0.970. The van der Waals surface area contributed by atoms with Gasteiger partial charge in [0.1, 0.15) is 0 Å². The predicted octanol–water partition coefficient (Wildman–Crippen LogP) is 1.77. The minimum atomic E-state index is 0.129. The number of nitrogens with one attached hydrogen (secondary N) is 1. The number of aliphatic hydroxyl groups is 1. The highest BCUT2D eigenvalue weighted by molar-refractivity contribution is 7.17. The second kappa shape index (κ2) is 4.70. The van der Waals surface area contributed by atoms with Gasteiger partial charge in [0.15, 0.2) is 0 Å². The number of aliphatic hydroxyl groups excluding tert-OH is 1. The van der Waals surface area contributed by atoms with Crippen LogP contribution in [0.3, 0.4) is 0 Å². The second-order valence-electron chi connectivity index (χ2n) is 3.61. The van der Waals surface area contributed by atoms with Crippen molar-refractivity contribution in [2.24, 2.45) is 0 Å². The van der Waals surface area contributed by atoms with E-state index in [1.165, 1.54) is 4.70 Å². The summed E-state index contributed by atoms with van der Waals surface area (Å²) in [5.41, 5.74) is 2.21. The largest absolute Gasteiger partial charge is 0.395 e. The lowest BCUT2D eigenvalue weighted by Gasteiger charge is -2.09. The minimum Gasteiger partial charge on any atom is -0.395 e. The van der Waals surface area contributed by atoms with Crippen molar-refractivity contribution in [3.63, 3.8) is 0 Å². The highest BCUT2D eigenvalue weighted by Gasteiger charge is 2.01. The van der Waals surface area contributed by atoms with Gasteiger partial charge in [-0.3, -0.25) is 4.98 Å². The van der Waals surface area contributed by atoms with Crippen LogP contribution >= 0.6 is 11.3 Å². The first kappa shape index (κ1) is 10.5. The van der Waals surface area contributed by atoms with Crippen LogP contribution in [-0.2, 0) is 6.54 Å². The van der Waals surface area contributed by atoms with E-state index in [1.54, 1.807) is 11.3 Å². The van der Waals surface area contributed by atoms with Crippen LogP contribution in [0, 0.1) is 0 Å². The Morgan fingerprint density at radius 1 is 1.60 bits per heavy atom. The lowest BCUT2D eigenvalue weighted by molar-refractivity contribution is 0.251. The molecule has 0 saturated carbocycles. The van der Waals surface area contributed by atoms with Gasteiger partial charge >= 0.3 is 0 Å². The fourth-order valence-electron chi connectivity index (χ4n) is 1.34. The van der Waals surface area contributed by atoms with E-state index in [1.807, 2.05) is 24.6 Å². The molecule has 2 aromatic heterocycles. The molecular weight excluding hydrogens is 208 g/mol. The first-order chi connectivity index (χ1) is 7.29. The standard InChI is InChI=1S/C11H14N2OS/c1-8(7-14)12-5-9-4-11-10(13-6-9)2-3-15-11/h2-4,6,8,12,14H,5,7H2,1H3/t8-/m0/s1. The molecule has 3 nitrogen and oxygen atoms in total. The number of thiophene rings is 1. The molecule has 80 valence electrons. The summed E-state index contributed by atoms with van der Waals surface area (Å²) in [5.74, 6) is 0. The topological polar surface area (TPSA) is 45.1 Å². The van der Waals surface area contributed by atoms with E-state index in [0.29, 0.717) is 0 Å². The monoisotopic (exact) mass is 222 g/mol. The molecule has 0 spiro atoms. The molecule has 0 aliphatic rings. The Balaban J connectivity index is 2.08. The van der Waals surface area contributed by atoms with Crippen LogP contribution in [-0.4, -0.2) is 22.7 Å². The van der Waals surface area contributed by atoms with E-state index in [4.69, 9.17) is 5.11 Å². The van der Waals surface area contributed by atoms with Gasteiger partial charge in [-0.2, -0.15) is 0 Å². The lowest BCUT2D eigenvalue weighted by Crippen LogP contribution is -2.28. The van der Waals surface area contributed by atoms with Gasteiger partial charge in [-0.1, -0.05) is 0 Å². The van der Waals surface area contributed by atoms with Gasteiger partial charge in [-0.15, -0.1) is 11.3 Å². The molecule has 0 amide bonds. The van der Waals surface area contributed by atoms with Crippen LogP contribution in [0.1, 0.15) is 12.5 Å². The maximum atomic E-state index is 8.88. The molecule has 0 saturated heterocycles. The molecule has 2 aromatic rings. The number of aromatic nitrogens is 1. The molecule has 0 bridgehead atoms. The van der Waals surface area contributed by atoms with Crippen molar-refractivity contribution < 1.29 is 5.11 Å². The van der Waals surface area contributed by atoms with Crippen molar-refractivity contribution in [3.8, 4) is 0 Å². The molecule has 0 aliphatic heterocycles. The van der Waals surface area contributed by atoms with Crippen molar-refractivity contribution in [3.05, 3.63) is 29.3 Å². The Labute approximate surface area is 92.8 Å². The van der Waals surface area contributed by atoms with Crippen molar-refractivity contribution in [1.82, 2.24) is 10.3 Å². The van der Waals surface area contributed by atoms with Crippen molar-refractivity contribution in [2.45, 2.75) is 19.5 Å². The van der Waals surface area contributed by atoms with E-state index < -0.39 is 0 Å². The van der Waals surface area contributed by atoms with Gasteiger partial charge in [0, 0.05) is 18.8 Å². The molecular formula is C11H14N2OS.